The molecule has 0 aromatic rings. The Balaban J connectivity index is 3.39. The van der Waals surface area contributed by atoms with E-state index in [0.717, 1.165) is 51.4 Å². The minimum Gasteiger partial charge on any atom is -0.393 e. The fraction of sp³-hybridized carbons (Fsp3) is 1.00. The SMILES string of the molecule is CCCCC(CCCCCCCCCCCCCCC(O)CCC)S(=O)(=O)O. The number of aliphatic hydroxyl groups excluding tert-OH is 1. The third-order valence-electron chi connectivity index (χ3n) is 5.74. The molecule has 0 aliphatic heterocycles. The van der Waals surface area contributed by atoms with Gasteiger partial charge in [0.1, 0.15) is 0 Å². The van der Waals surface area contributed by atoms with Gasteiger partial charge < -0.3 is 5.11 Å². The van der Waals surface area contributed by atoms with Gasteiger partial charge in [0.15, 0.2) is 0 Å². The van der Waals surface area contributed by atoms with E-state index in [1.54, 1.807) is 0 Å². The molecule has 170 valence electrons. The van der Waals surface area contributed by atoms with Crippen molar-refractivity contribution in [1.82, 2.24) is 0 Å². The van der Waals surface area contributed by atoms with Gasteiger partial charge in [-0.05, 0) is 25.7 Å². The van der Waals surface area contributed by atoms with Gasteiger partial charge in [-0.3, -0.25) is 4.55 Å². The van der Waals surface area contributed by atoms with Gasteiger partial charge in [0.2, 0.25) is 0 Å². The van der Waals surface area contributed by atoms with Crippen LogP contribution in [0.3, 0.4) is 0 Å². The molecule has 0 rings (SSSR count). The van der Waals surface area contributed by atoms with Crippen LogP contribution in [0.15, 0.2) is 0 Å². The predicted molar refractivity (Wildman–Crippen MR) is 120 cm³/mol. The van der Waals surface area contributed by atoms with Crippen molar-refractivity contribution in [2.75, 3.05) is 0 Å². The van der Waals surface area contributed by atoms with Gasteiger partial charge in [0, 0.05) is 0 Å². The zero-order valence-corrected chi connectivity index (χ0v) is 19.5. The molecule has 0 heterocycles. The van der Waals surface area contributed by atoms with Gasteiger partial charge in [-0.15, -0.1) is 0 Å². The van der Waals surface area contributed by atoms with Crippen LogP contribution in [0.5, 0.6) is 0 Å². The normalized spacial score (nSPS) is 14.3. The number of hydrogen-bond acceptors (Lipinski definition) is 3. The molecule has 0 radical (unpaired) electrons. The maximum absolute atomic E-state index is 11.4. The van der Waals surface area contributed by atoms with Crippen molar-refractivity contribution < 1.29 is 18.1 Å². The molecular weight excluding hydrogens is 372 g/mol. The quantitative estimate of drug-likeness (QED) is 0.154. The lowest BCUT2D eigenvalue weighted by molar-refractivity contribution is 0.150. The van der Waals surface area contributed by atoms with Crippen LogP contribution >= 0.6 is 0 Å². The zero-order valence-electron chi connectivity index (χ0n) is 18.7. The van der Waals surface area contributed by atoms with E-state index in [9.17, 15) is 18.1 Å². The monoisotopic (exact) mass is 420 g/mol. The summed E-state index contributed by atoms with van der Waals surface area (Å²) in [4.78, 5) is 0. The third kappa shape index (κ3) is 17.9. The van der Waals surface area contributed by atoms with Gasteiger partial charge in [0.25, 0.3) is 10.1 Å². The third-order valence-corrected chi connectivity index (χ3v) is 7.05. The number of hydrogen-bond donors (Lipinski definition) is 2. The lowest BCUT2D eigenvalue weighted by Crippen LogP contribution is -2.20. The largest absolute Gasteiger partial charge is 0.393 e. The molecule has 2 unspecified atom stereocenters. The molecule has 0 aliphatic rings. The summed E-state index contributed by atoms with van der Waals surface area (Å²) < 4.78 is 32.1. The van der Waals surface area contributed by atoms with Crippen molar-refractivity contribution in [2.45, 2.75) is 147 Å². The number of unbranched alkanes of at least 4 members (excludes halogenated alkanes) is 12. The molecule has 0 aromatic carbocycles. The molecule has 0 saturated carbocycles. The first-order valence-corrected chi connectivity index (χ1v) is 13.6. The van der Waals surface area contributed by atoms with Crippen LogP contribution in [0, 0.1) is 0 Å². The molecule has 2 atom stereocenters. The first-order valence-electron chi connectivity index (χ1n) is 12.1. The van der Waals surface area contributed by atoms with Gasteiger partial charge in [-0.25, -0.2) is 0 Å². The van der Waals surface area contributed by atoms with E-state index in [4.69, 9.17) is 0 Å². The van der Waals surface area contributed by atoms with Crippen LogP contribution in [0.25, 0.3) is 0 Å². The Hall–Kier alpha value is -0.130. The fourth-order valence-corrected chi connectivity index (χ4v) is 4.80. The van der Waals surface area contributed by atoms with Crippen molar-refractivity contribution in [2.24, 2.45) is 0 Å². The maximum atomic E-state index is 11.4. The summed E-state index contributed by atoms with van der Waals surface area (Å²) in [7, 11) is -3.87. The highest BCUT2D eigenvalue weighted by molar-refractivity contribution is 7.86. The lowest BCUT2D eigenvalue weighted by atomic mass is 10.0. The van der Waals surface area contributed by atoms with Gasteiger partial charge in [0.05, 0.1) is 11.4 Å². The number of aliphatic hydroxyl groups is 1. The highest BCUT2D eigenvalue weighted by atomic mass is 32.2. The van der Waals surface area contributed by atoms with Crippen LogP contribution in [0.2, 0.25) is 0 Å². The second-order valence-electron chi connectivity index (χ2n) is 8.54. The first-order chi connectivity index (χ1) is 13.4. The highest BCUT2D eigenvalue weighted by Gasteiger charge is 2.21. The summed E-state index contributed by atoms with van der Waals surface area (Å²) in [6, 6.07) is 0. The van der Waals surface area contributed by atoms with Crippen molar-refractivity contribution in [1.29, 1.82) is 0 Å². The molecule has 2 N–H and O–H groups in total. The second kappa shape index (κ2) is 18.9. The van der Waals surface area contributed by atoms with E-state index in [0.29, 0.717) is 12.8 Å². The summed E-state index contributed by atoms with van der Waals surface area (Å²) in [6.45, 7) is 4.16. The average Bonchev–Trinajstić information content (AvgIpc) is 2.63. The average molecular weight is 421 g/mol. The van der Waals surface area contributed by atoms with E-state index in [1.807, 2.05) is 6.92 Å². The molecule has 0 fully saturated rings. The molecule has 5 heteroatoms. The van der Waals surface area contributed by atoms with E-state index < -0.39 is 15.4 Å². The smallest absolute Gasteiger partial charge is 0.267 e. The highest BCUT2D eigenvalue weighted by Crippen LogP contribution is 2.18. The minimum atomic E-state index is -3.87. The van der Waals surface area contributed by atoms with Crippen LogP contribution in [0.1, 0.15) is 136 Å². The molecule has 0 saturated heterocycles. The molecule has 0 aliphatic carbocycles. The molecule has 0 spiro atoms. The Bertz CT molecular complexity index is 422. The van der Waals surface area contributed by atoms with Gasteiger partial charge in [-0.1, -0.05) is 110 Å². The Morgan fingerprint density at radius 3 is 1.36 bits per heavy atom. The molecule has 4 nitrogen and oxygen atoms in total. The summed E-state index contributed by atoms with van der Waals surface area (Å²) in [5.74, 6) is 0. The minimum absolute atomic E-state index is 0.0831. The summed E-state index contributed by atoms with van der Waals surface area (Å²) in [6.07, 6.45) is 20.6. The van der Waals surface area contributed by atoms with Crippen LogP contribution < -0.4 is 0 Å². The van der Waals surface area contributed by atoms with E-state index in [-0.39, 0.29) is 6.10 Å². The Kier molecular flexibility index (Phi) is 18.8. The van der Waals surface area contributed by atoms with Crippen LogP contribution in [0.4, 0.5) is 0 Å². The van der Waals surface area contributed by atoms with E-state index in [1.165, 1.54) is 57.8 Å². The van der Waals surface area contributed by atoms with Crippen molar-refractivity contribution in [3.05, 3.63) is 0 Å². The van der Waals surface area contributed by atoms with Crippen LogP contribution in [-0.4, -0.2) is 29.4 Å². The second-order valence-corrected chi connectivity index (χ2v) is 10.2. The van der Waals surface area contributed by atoms with Crippen molar-refractivity contribution in [3.8, 4) is 0 Å². The van der Waals surface area contributed by atoms with E-state index >= 15 is 0 Å². The zero-order chi connectivity index (χ0) is 21.1. The maximum Gasteiger partial charge on any atom is 0.267 e. The topological polar surface area (TPSA) is 74.6 Å². The molecule has 0 aromatic heterocycles. The standard InChI is InChI=1S/C23H48O4S/c1-3-5-20-23(28(25,26)27)21-17-15-13-11-9-7-6-8-10-12-14-16-19-22(24)18-4-2/h22-24H,3-21H2,1-2H3,(H,25,26,27). The molecule has 28 heavy (non-hydrogen) atoms. The van der Waals surface area contributed by atoms with Crippen LogP contribution in [-0.2, 0) is 10.1 Å². The lowest BCUT2D eigenvalue weighted by Gasteiger charge is -2.13. The van der Waals surface area contributed by atoms with E-state index in [2.05, 4.69) is 6.92 Å². The summed E-state index contributed by atoms with van der Waals surface area (Å²) >= 11 is 0. The molecule has 0 bridgehead atoms. The Morgan fingerprint density at radius 2 is 0.964 bits per heavy atom. The Labute approximate surface area is 175 Å². The van der Waals surface area contributed by atoms with Crippen molar-refractivity contribution in [3.63, 3.8) is 0 Å². The number of rotatable bonds is 21. The molecular formula is C23H48O4S. The fourth-order valence-electron chi connectivity index (χ4n) is 3.87. The van der Waals surface area contributed by atoms with Crippen molar-refractivity contribution >= 4 is 10.1 Å². The first kappa shape index (κ1) is 27.9. The predicted octanol–water partition coefficient (Wildman–Crippen LogP) is 7.06. The van der Waals surface area contributed by atoms with Gasteiger partial charge in [-0.2, -0.15) is 8.42 Å². The molecule has 0 amide bonds. The van der Waals surface area contributed by atoms with Gasteiger partial charge >= 0.3 is 0 Å². The Morgan fingerprint density at radius 1 is 0.571 bits per heavy atom. The summed E-state index contributed by atoms with van der Waals surface area (Å²) in [5.41, 5.74) is 0. The summed E-state index contributed by atoms with van der Waals surface area (Å²) in [5, 5.41) is 9.13.